The molecule has 0 saturated carbocycles. The molecule has 13 heavy (non-hydrogen) atoms. The number of hydrogen-bond donors (Lipinski definition) is 2. The molecule has 1 atom stereocenters. The molecule has 0 aromatic carbocycles. The van der Waals surface area contributed by atoms with E-state index in [4.69, 9.17) is 0 Å². The fourth-order valence-electron chi connectivity index (χ4n) is 1.31. The Balaban J connectivity index is 2.32. The van der Waals surface area contributed by atoms with E-state index in [1.807, 2.05) is 0 Å². The summed E-state index contributed by atoms with van der Waals surface area (Å²) in [7, 11) is -1.25. The fourth-order valence-corrected chi connectivity index (χ4v) is 2.63. The highest BCUT2D eigenvalue weighted by Gasteiger charge is 2.34. The Kier molecular flexibility index (Phi) is 2.92. The van der Waals surface area contributed by atoms with Crippen LogP contribution >= 0.6 is 0 Å². The van der Waals surface area contributed by atoms with Crippen molar-refractivity contribution in [3.05, 3.63) is 0 Å². The van der Waals surface area contributed by atoms with E-state index in [0.29, 0.717) is 0 Å². The molecule has 0 unspecified atom stereocenters. The summed E-state index contributed by atoms with van der Waals surface area (Å²) in [4.78, 5) is 11.0. The van der Waals surface area contributed by atoms with E-state index >= 15 is 0 Å². The predicted octanol–water partition coefficient (Wildman–Crippen LogP) is -1.49. The van der Waals surface area contributed by atoms with E-state index in [0.717, 1.165) is 0 Å². The third-order valence-corrected chi connectivity index (χ3v) is 3.86. The summed E-state index contributed by atoms with van der Waals surface area (Å²) in [5, 5.41) is 5.42. The number of sulfone groups is 1. The van der Waals surface area contributed by atoms with Crippen LogP contribution in [0.2, 0.25) is 0 Å². The zero-order chi connectivity index (χ0) is 10.1. The van der Waals surface area contributed by atoms with Crippen LogP contribution in [0.5, 0.6) is 0 Å². The van der Waals surface area contributed by atoms with Gasteiger partial charge in [0.05, 0.1) is 17.5 Å². The minimum Gasteiger partial charge on any atom is -0.358 e. The van der Waals surface area contributed by atoms with E-state index in [2.05, 4.69) is 10.6 Å². The highest BCUT2D eigenvalue weighted by Crippen LogP contribution is 2.10. The molecule has 6 heteroatoms. The van der Waals surface area contributed by atoms with Gasteiger partial charge in [0, 0.05) is 13.1 Å². The Morgan fingerprint density at radius 2 is 2.00 bits per heavy atom. The van der Waals surface area contributed by atoms with E-state index in [1.54, 1.807) is 14.0 Å². The fraction of sp³-hybridized carbons (Fsp3) is 0.857. The molecule has 2 N–H and O–H groups in total. The van der Waals surface area contributed by atoms with E-state index in [-0.39, 0.29) is 29.5 Å². The Hall–Kier alpha value is -0.620. The van der Waals surface area contributed by atoms with Gasteiger partial charge in [-0.3, -0.25) is 4.79 Å². The lowest BCUT2D eigenvalue weighted by Crippen LogP contribution is -2.56. The molecule has 0 aromatic heterocycles. The van der Waals surface area contributed by atoms with Crippen molar-refractivity contribution in [3.8, 4) is 0 Å². The number of carbonyl (C=O) groups excluding carboxylic acids is 1. The maximum absolute atomic E-state index is 11.0. The number of nitrogens with one attached hydrogen (secondary N) is 2. The van der Waals surface area contributed by atoms with Gasteiger partial charge in [-0.2, -0.15) is 0 Å². The van der Waals surface area contributed by atoms with Crippen molar-refractivity contribution < 1.29 is 13.2 Å². The van der Waals surface area contributed by atoms with Crippen molar-refractivity contribution in [1.82, 2.24) is 10.6 Å². The molecule has 1 rings (SSSR count). The molecule has 1 fully saturated rings. The number of hydrogen-bond acceptors (Lipinski definition) is 4. The Morgan fingerprint density at radius 1 is 1.46 bits per heavy atom. The summed E-state index contributed by atoms with van der Waals surface area (Å²) in [6, 6.07) is -0.386. The third kappa shape index (κ3) is 2.67. The van der Waals surface area contributed by atoms with Crippen LogP contribution in [-0.4, -0.2) is 45.0 Å². The van der Waals surface area contributed by atoms with Crippen molar-refractivity contribution in [1.29, 1.82) is 0 Å². The summed E-state index contributed by atoms with van der Waals surface area (Å²) in [6.45, 7) is 1.71. The van der Waals surface area contributed by atoms with Gasteiger partial charge >= 0.3 is 0 Å². The lowest BCUT2D eigenvalue weighted by Gasteiger charge is -2.29. The van der Waals surface area contributed by atoms with Crippen LogP contribution in [0.15, 0.2) is 0 Å². The van der Waals surface area contributed by atoms with Gasteiger partial charge in [-0.25, -0.2) is 8.42 Å². The monoisotopic (exact) mass is 206 g/mol. The second-order valence-corrected chi connectivity index (χ2v) is 5.43. The summed E-state index contributed by atoms with van der Waals surface area (Å²) in [5.74, 6) is 0.173. The lowest BCUT2D eigenvalue weighted by atomic mass is 10.2. The third-order valence-electron chi connectivity index (χ3n) is 2.04. The molecule has 1 aliphatic heterocycles. The van der Waals surface area contributed by atoms with Crippen LogP contribution in [0.3, 0.4) is 0 Å². The SMILES string of the molecule is CNC(=O)[C@@H](C)NC1CS(=O)(=O)C1. The second kappa shape index (κ2) is 3.63. The van der Waals surface area contributed by atoms with Gasteiger partial charge in [-0.05, 0) is 6.92 Å². The first-order valence-corrected chi connectivity index (χ1v) is 5.95. The molecule has 0 aliphatic carbocycles. The first-order chi connectivity index (χ1) is 5.94. The lowest BCUT2D eigenvalue weighted by molar-refractivity contribution is -0.122. The van der Waals surface area contributed by atoms with E-state index in [1.165, 1.54) is 0 Å². The topological polar surface area (TPSA) is 75.3 Å². The molecule has 0 radical (unpaired) electrons. The van der Waals surface area contributed by atoms with Crippen LogP contribution in [0, 0.1) is 0 Å². The van der Waals surface area contributed by atoms with Crippen molar-refractivity contribution in [2.75, 3.05) is 18.6 Å². The Morgan fingerprint density at radius 3 is 2.38 bits per heavy atom. The minimum absolute atomic E-state index is 0.0581. The maximum Gasteiger partial charge on any atom is 0.236 e. The first-order valence-electron chi connectivity index (χ1n) is 4.12. The van der Waals surface area contributed by atoms with Crippen LogP contribution in [0.1, 0.15) is 6.92 Å². The summed E-state index contributed by atoms with van der Waals surface area (Å²) >= 11 is 0. The number of likely N-dealkylation sites (N-methyl/N-ethyl adjacent to an activating group) is 1. The van der Waals surface area contributed by atoms with Crippen molar-refractivity contribution in [3.63, 3.8) is 0 Å². The molecule has 5 nitrogen and oxygen atoms in total. The predicted molar refractivity (Wildman–Crippen MR) is 49.1 cm³/mol. The van der Waals surface area contributed by atoms with Gasteiger partial charge in [0.15, 0.2) is 9.84 Å². The molecule has 0 spiro atoms. The van der Waals surface area contributed by atoms with Crippen molar-refractivity contribution >= 4 is 15.7 Å². The zero-order valence-electron chi connectivity index (χ0n) is 7.70. The van der Waals surface area contributed by atoms with Crippen LogP contribution in [0.4, 0.5) is 0 Å². The standard InChI is InChI=1S/C7H14N2O3S/c1-5(7(10)8-2)9-6-3-13(11,12)4-6/h5-6,9H,3-4H2,1-2H3,(H,8,10)/t5-/m1/s1. The van der Waals surface area contributed by atoms with Gasteiger partial charge in [-0.1, -0.05) is 0 Å². The first kappa shape index (κ1) is 10.5. The molecule has 1 aliphatic rings. The zero-order valence-corrected chi connectivity index (χ0v) is 8.52. The summed E-state index contributed by atoms with van der Waals surface area (Å²) in [6.07, 6.45) is 0. The second-order valence-electron chi connectivity index (χ2n) is 3.28. The normalized spacial score (nSPS) is 23.2. The average Bonchev–Trinajstić information content (AvgIpc) is 1.99. The van der Waals surface area contributed by atoms with Crippen molar-refractivity contribution in [2.45, 2.75) is 19.0 Å². The van der Waals surface area contributed by atoms with Gasteiger partial charge in [0.1, 0.15) is 0 Å². The number of rotatable bonds is 3. The van der Waals surface area contributed by atoms with Crippen LogP contribution < -0.4 is 10.6 Å². The Labute approximate surface area is 77.8 Å². The molecule has 76 valence electrons. The number of carbonyl (C=O) groups is 1. The largest absolute Gasteiger partial charge is 0.358 e. The van der Waals surface area contributed by atoms with Gasteiger partial charge in [0.2, 0.25) is 5.91 Å². The quantitative estimate of drug-likeness (QED) is 0.590. The molecule has 1 saturated heterocycles. The minimum atomic E-state index is -2.80. The molecule has 1 heterocycles. The van der Waals surface area contributed by atoms with Crippen LogP contribution in [-0.2, 0) is 14.6 Å². The van der Waals surface area contributed by atoms with Gasteiger partial charge in [-0.15, -0.1) is 0 Å². The summed E-state index contributed by atoms with van der Waals surface area (Å²) in [5.41, 5.74) is 0. The van der Waals surface area contributed by atoms with E-state index in [9.17, 15) is 13.2 Å². The maximum atomic E-state index is 11.0. The molecule has 0 bridgehead atoms. The molecule has 1 amide bonds. The summed E-state index contributed by atoms with van der Waals surface area (Å²) < 4.78 is 21.6. The molecular weight excluding hydrogens is 192 g/mol. The van der Waals surface area contributed by atoms with E-state index < -0.39 is 9.84 Å². The molecular formula is C7H14N2O3S. The smallest absolute Gasteiger partial charge is 0.236 e. The van der Waals surface area contributed by atoms with Crippen LogP contribution in [0.25, 0.3) is 0 Å². The van der Waals surface area contributed by atoms with Gasteiger partial charge < -0.3 is 10.6 Å². The highest BCUT2D eigenvalue weighted by atomic mass is 32.2. The Bertz CT molecular complexity index is 287. The molecule has 0 aromatic rings. The number of amides is 1. The highest BCUT2D eigenvalue weighted by molar-refractivity contribution is 7.92. The van der Waals surface area contributed by atoms with Gasteiger partial charge in [0.25, 0.3) is 0 Å². The average molecular weight is 206 g/mol. The van der Waals surface area contributed by atoms with Crippen molar-refractivity contribution in [2.24, 2.45) is 0 Å².